The minimum absolute atomic E-state index is 0.0515. The van der Waals surface area contributed by atoms with Gasteiger partial charge in [0.05, 0.1) is 6.10 Å². The predicted octanol–water partition coefficient (Wildman–Crippen LogP) is 7.58. The molecule has 4 nitrogen and oxygen atoms in total. The van der Waals surface area contributed by atoms with Crippen LogP contribution in [0.5, 0.6) is 5.75 Å². The Morgan fingerprint density at radius 1 is 0.629 bits per heavy atom. The molecule has 0 bridgehead atoms. The number of ether oxygens (including phenoxy) is 2. The molecule has 1 N–H and O–H groups in total. The predicted molar refractivity (Wildman–Crippen MR) is 143 cm³/mol. The van der Waals surface area contributed by atoms with Crippen LogP contribution in [0.3, 0.4) is 0 Å². The van der Waals surface area contributed by atoms with Crippen molar-refractivity contribution in [2.75, 3.05) is 11.5 Å². The first-order valence-corrected chi connectivity index (χ1v) is 12.1. The van der Waals surface area contributed by atoms with Gasteiger partial charge in [-0.3, -0.25) is 0 Å². The number of rotatable bonds is 10. The van der Waals surface area contributed by atoms with Gasteiger partial charge in [-0.05, 0) is 66.6 Å². The summed E-state index contributed by atoms with van der Waals surface area (Å²) >= 11 is 0. The smallest absolute Gasteiger partial charge is 0.157 e. The molecule has 4 heteroatoms. The number of aliphatic hydroxyl groups is 1. The lowest BCUT2D eigenvalue weighted by Gasteiger charge is -2.25. The van der Waals surface area contributed by atoms with Gasteiger partial charge in [-0.1, -0.05) is 74.5 Å². The highest BCUT2D eigenvalue weighted by Crippen LogP contribution is 2.35. The van der Waals surface area contributed by atoms with Crippen molar-refractivity contribution >= 4 is 17.1 Å². The van der Waals surface area contributed by atoms with Gasteiger partial charge in [-0.25, -0.2) is 0 Å². The molecule has 180 valence electrons. The number of nitrogens with zero attached hydrogens (tertiary/aromatic N) is 1. The van der Waals surface area contributed by atoms with Gasteiger partial charge >= 0.3 is 0 Å². The molecule has 4 aromatic carbocycles. The van der Waals surface area contributed by atoms with Gasteiger partial charge in [-0.15, -0.1) is 0 Å². The topological polar surface area (TPSA) is 41.9 Å². The van der Waals surface area contributed by atoms with Crippen molar-refractivity contribution in [1.29, 1.82) is 0 Å². The van der Waals surface area contributed by atoms with Crippen LogP contribution in [-0.2, 0) is 4.74 Å². The Balaban J connectivity index is 1.45. The van der Waals surface area contributed by atoms with Crippen molar-refractivity contribution in [2.45, 2.75) is 33.2 Å². The summed E-state index contributed by atoms with van der Waals surface area (Å²) in [6.07, 6.45) is -0.976. The van der Waals surface area contributed by atoms with Gasteiger partial charge in [0.2, 0.25) is 0 Å². The van der Waals surface area contributed by atoms with Crippen LogP contribution in [0.2, 0.25) is 0 Å². The van der Waals surface area contributed by atoms with E-state index < -0.39 is 6.29 Å². The Bertz CT molecular complexity index is 1120. The standard InChI is InChI=1S/C31H33NO3/c1-23(2)31(33)35-24(3)22-34-30-20-16-26(17-21-30)25-14-18-29(19-15-25)32(27-10-6-4-7-11-27)28-12-8-5-9-13-28/h4-21,23-24,31,33H,22H2,1-3H3. The molecule has 0 amide bonds. The quantitative estimate of drug-likeness (QED) is 0.244. The van der Waals surface area contributed by atoms with E-state index in [4.69, 9.17) is 9.47 Å². The van der Waals surface area contributed by atoms with Gasteiger partial charge in [0, 0.05) is 23.0 Å². The fourth-order valence-electron chi connectivity index (χ4n) is 3.80. The van der Waals surface area contributed by atoms with Gasteiger partial charge in [0.1, 0.15) is 12.4 Å². The van der Waals surface area contributed by atoms with Crippen molar-refractivity contribution in [3.8, 4) is 16.9 Å². The van der Waals surface area contributed by atoms with E-state index in [1.165, 1.54) is 0 Å². The van der Waals surface area contributed by atoms with E-state index in [2.05, 4.69) is 89.8 Å². The van der Waals surface area contributed by atoms with E-state index in [0.29, 0.717) is 6.61 Å². The molecule has 2 unspecified atom stereocenters. The Morgan fingerprint density at radius 3 is 1.57 bits per heavy atom. The first-order chi connectivity index (χ1) is 17.0. The van der Waals surface area contributed by atoms with Gasteiger partial charge in [0.25, 0.3) is 0 Å². The third-order valence-electron chi connectivity index (χ3n) is 5.77. The van der Waals surface area contributed by atoms with E-state index >= 15 is 0 Å². The van der Waals surface area contributed by atoms with Gasteiger partial charge in [-0.2, -0.15) is 0 Å². The third-order valence-corrected chi connectivity index (χ3v) is 5.77. The zero-order valence-electron chi connectivity index (χ0n) is 20.5. The lowest BCUT2D eigenvalue weighted by molar-refractivity contribution is -0.160. The maximum absolute atomic E-state index is 9.86. The number of anilines is 3. The van der Waals surface area contributed by atoms with Crippen molar-refractivity contribution in [3.63, 3.8) is 0 Å². The van der Waals surface area contributed by atoms with Crippen LogP contribution in [0.15, 0.2) is 109 Å². The Hall–Kier alpha value is -3.60. The third kappa shape index (κ3) is 6.50. The highest BCUT2D eigenvalue weighted by atomic mass is 16.6. The molecule has 0 aliphatic heterocycles. The summed E-state index contributed by atoms with van der Waals surface area (Å²) in [5.41, 5.74) is 5.59. The molecule has 0 saturated heterocycles. The van der Waals surface area contributed by atoms with Gasteiger partial charge in [0.15, 0.2) is 6.29 Å². The number of para-hydroxylation sites is 2. The maximum atomic E-state index is 9.86. The molecule has 4 rings (SSSR count). The highest BCUT2D eigenvalue weighted by molar-refractivity contribution is 5.78. The molecular formula is C31H33NO3. The van der Waals surface area contributed by atoms with Crippen LogP contribution in [-0.4, -0.2) is 24.1 Å². The normalized spacial score (nSPS) is 12.8. The van der Waals surface area contributed by atoms with E-state index in [9.17, 15) is 5.11 Å². The molecule has 0 aromatic heterocycles. The minimum atomic E-state index is -0.779. The van der Waals surface area contributed by atoms with E-state index in [1.807, 2.05) is 45.0 Å². The monoisotopic (exact) mass is 467 g/mol. The molecule has 0 spiro atoms. The van der Waals surface area contributed by atoms with Crippen molar-refractivity contribution in [1.82, 2.24) is 0 Å². The first kappa shape index (κ1) is 24.5. The second-order valence-electron chi connectivity index (χ2n) is 8.97. The summed E-state index contributed by atoms with van der Waals surface area (Å²) in [6.45, 7) is 6.12. The summed E-state index contributed by atoms with van der Waals surface area (Å²) in [5, 5.41) is 9.86. The number of hydrogen-bond donors (Lipinski definition) is 1. The van der Waals surface area contributed by atoms with Crippen LogP contribution >= 0.6 is 0 Å². The van der Waals surface area contributed by atoms with E-state index in [1.54, 1.807) is 0 Å². The molecule has 0 aliphatic rings. The van der Waals surface area contributed by atoms with Crippen LogP contribution in [0, 0.1) is 5.92 Å². The Labute approximate surface area is 208 Å². The second-order valence-corrected chi connectivity index (χ2v) is 8.97. The zero-order chi connectivity index (χ0) is 24.6. The minimum Gasteiger partial charge on any atom is -0.491 e. The molecular weight excluding hydrogens is 434 g/mol. The lowest BCUT2D eigenvalue weighted by Crippen LogP contribution is -2.28. The van der Waals surface area contributed by atoms with Crippen molar-refractivity contribution < 1.29 is 14.6 Å². The van der Waals surface area contributed by atoms with Crippen LogP contribution in [0.25, 0.3) is 11.1 Å². The van der Waals surface area contributed by atoms with E-state index in [0.717, 1.165) is 33.9 Å². The number of aliphatic hydroxyl groups excluding tert-OH is 1. The average molecular weight is 468 g/mol. The summed E-state index contributed by atoms with van der Waals surface area (Å²) in [5.74, 6) is 0.828. The average Bonchev–Trinajstić information content (AvgIpc) is 2.89. The Kier molecular flexibility index (Phi) is 8.19. The fourth-order valence-corrected chi connectivity index (χ4v) is 3.80. The highest BCUT2D eigenvalue weighted by Gasteiger charge is 2.15. The number of benzene rings is 4. The molecule has 0 aliphatic carbocycles. The van der Waals surface area contributed by atoms with Crippen LogP contribution in [0.1, 0.15) is 20.8 Å². The van der Waals surface area contributed by atoms with Crippen molar-refractivity contribution in [2.24, 2.45) is 5.92 Å². The zero-order valence-corrected chi connectivity index (χ0v) is 20.5. The molecule has 0 heterocycles. The van der Waals surface area contributed by atoms with Gasteiger partial charge < -0.3 is 19.5 Å². The summed E-state index contributed by atoms with van der Waals surface area (Å²) < 4.78 is 11.4. The first-order valence-electron chi connectivity index (χ1n) is 12.1. The molecule has 0 fully saturated rings. The molecule has 0 saturated carbocycles. The summed E-state index contributed by atoms with van der Waals surface area (Å²) in [6, 6.07) is 37.4. The molecule has 35 heavy (non-hydrogen) atoms. The number of hydrogen-bond acceptors (Lipinski definition) is 4. The van der Waals surface area contributed by atoms with Crippen LogP contribution < -0.4 is 9.64 Å². The molecule has 4 aromatic rings. The lowest BCUT2D eigenvalue weighted by atomic mass is 10.0. The van der Waals surface area contributed by atoms with Crippen molar-refractivity contribution in [3.05, 3.63) is 109 Å². The maximum Gasteiger partial charge on any atom is 0.157 e. The molecule has 0 radical (unpaired) electrons. The summed E-state index contributed by atoms with van der Waals surface area (Å²) in [4.78, 5) is 2.25. The Morgan fingerprint density at radius 2 is 1.09 bits per heavy atom. The molecule has 2 atom stereocenters. The largest absolute Gasteiger partial charge is 0.491 e. The SMILES string of the molecule is CC(COc1ccc(-c2ccc(N(c3ccccc3)c3ccccc3)cc2)cc1)OC(O)C(C)C. The van der Waals surface area contributed by atoms with Crippen LogP contribution in [0.4, 0.5) is 17.1 Å². The fraction of sp³-hybridized carbons (Fsp3) is 0.226. The van der Waals surface area contributed by atoms with E-state index in [-0.39, 0.29) is 12.0 Å². The summed E-state index contributed by atoms with van der Waals surface area (Å²) in [7, 11) is 0. The second kappa shape index (κ2) is 11.7.